The topological polar surface area (TPSA) is 52.6 Å². The molecule has 0 aliphatic heterocycles. The van der Waals surface area contributed by atoms with Crippen molar-refractivity contribution < 1.29 is 13.2 Å². The molecule has 0 aliphatic carbocycles. The summed E-state index contributed by atoms with van der Waals surface area (Å²) in [5.74, 6) is 1.44. The molecule has 1 aromatic carbocycles. The summed E-state index contributed by atoms with van der Waals surface area (Å²) in [5, 5.41) is 6.30. The Morgan fingerprint density at radius 3 is 2.32 bits per heavy atom. The second-order valence-corrected chi connectivity index (χ2v) is 6.12. The first kappa shape index (κ1) is 24.0. The van der Waals surface area contributed by atoms with Crippen LogP contribution in [0.5, 0.6) is 0 Å². The van der Waals surface area contributed by atoms with Crippen molar-refractivity contribution in [2.75, 3.05) is 25.5 Å². The fourth-order valence-electron chi connectivity index (χ4n) is 2.30. The highest BCUT2D eigenvalue weighted by atomic mass is 127. The highest BCUT2D eigenvalue weighted by Crippen LogP contribution is 2.29. The maximum atomic E-state index is 12.6. The maximum absolute atomic E-state index is 12.6. The number of anilines is 1. The van der Waals surface area contributed by atoms with E-state index in [9.17, 15) is 13.2 Å². The Bertz CT molecular complexity index is 761. The molecular formula is C19H25F3IN5. The van der Waals surface area contributed by atoms with Gasteiger partial charge in [-0.3, -0.25) is 0 Å². The van der Waals surface area contributed by atoms with Crippen molar-refractivity contribution in [3.8, 4) is 0 Å². The number of rotatable bonds is 6. The van der Waals surface area contributed by atoms with Crippen molar-refractivity contribution in [3.05, 3.63) is 59.3 Å². The van der Waals surface area contributed by atoms with Crippen LogP contribution in [0.4, 0.5) is 19.0 Å². The Labute approximate surface area is 180 Å². The van der Waals surface area contributed by atoms with E-state index in [0.717, 1.165) is 23.6 Å². The summed E-state index contributed by atoms with van der Waals surface area (Å²) in [4.78, 5) is 10.9. The lowest BCUT2D eigenvalue weighted by molar-refractivity contribution is -0.137. The van der Waals surface area contributed by atoms with E-state index in [-0.39, 0.29) is 30.5 Å². The van der Waals surface area contributed by atoms with E-state index < -0.39 is 11.7 Å². The molecule has 9 heteroatoms. The molecule has 0 fully saturated rings. The normalized spacial score (nSPS) is 11.6. The first-order valence-corrected chi connectivity index (χ1v) is 8.61. The number of aliphatic imine (C=N–C) groups is 1. The zero-order valence-electron chi connectivity index (χ0n) is 16.0. The predicted octanol–water partition coefficient (Wildman–Crippen LogP) is 4.04. The minimum Gasteiger partial charge on any atom is -0.363 e. The maximum Gasteiger partial charge on any atom is 0.416 e. The van der Waals surface area contributed by atoms with Gasteiger partial charge in [-0.2, -0.15) is 13.2 Å². The van der Waals surface area contributed by atoms with Crippen molar-refractivity contribution in [1.29, 1.82) is 0 Å². The molecule has 28 heavy (non-hydrogen) atoms. The summed E-state index contributed by atoms with van der Waals surface area (Å²) in [7, 11) is 3.85. The molecule has 0 atom stereocenters. The first-order valence-electron chi connectivity index (χ1n) is 8.61. The molecule has 0 amide bonds. The molecule has 1 heterocycles. The highest BCUT2D eigenvalue weighted by molar-refractivity contribution is 14.0. The lowest BCUT2D eigenvalue weighted by atomic mass is 10.1. The Morgan fingerprint density at radius 1 is 1.07 bits per heavy atom. The molecule has 2 N–H and O–H groups in total. The van der Waals surface area contributed by atoms with Gasteiger partial charge in [0.05, 0.1) is 24.3 Å². The van der Waals surface area contributed by atoms with Crippen LogP contribution < -0.4 is 15.5 Å². The molecule has 2 rings (SSSR count). The number of halogens is 4. The van der Waals surface area contributed by atoms with Crippen molar-refractivity contribution in [3.63, 3.8) is 0 Å². The number of nitrogens with one attached hydrogen (secondary N) is 2. The molecule has 0 aliphatic rings. The Kier molecular flexibility index (Phi) is 9.50. The molecule has 0 unspecified atom stereocenters. The van der Waals surface area contributed by atoms with Crippen molar-refractivity contribution in [2.45, 2.75) is 26.2 Å². The third-order valence-corrected chi connectivity index (χ3v) is 3.73. The van der Waals surface area contributed by atoms with Crippen molar-refractivity contribution in [1.82, 2.24) is 15.6 Å². The van der Waals surface area contributed by atoms with Crippen LogP contribution in [0.1, 0.15) is 23.7 Å². The predicted molar refractivity (Wildman–Crippen MR) is 117 cm³/mol. The summed E-state index contributed by atoms with van der Waals surface area (Å²) in [5.41, 5.74) is 0.904. The number of hydrogen-bond acceptors (Lipinski definition) is 3. The molecule has 2 aromatic rings. The molecular weight excluding hydrogens is 482 g/mol. The second-order valence-electron chi connectivity index (χ2n) is 6.12. The van der Waals surface area contributed by atoms with E-state index in [0.29, 0.717) is 24.6 Å². The smallest absolute Gasteiger partial charge is 0.363 e. The molecule has 0 saturated carbocycles. The Balaban J connectivity index is 0.00000392. The van der Waals surface area contributed by atoms with Gasteiger partial charge in [-0.1, -0.05) is 18.2 Å². The number of nitrogens with zero attached hydrogens (tertiary/aromatic N) is 3. The van der Waals surface area contributed by atoms with Crippen LogP contribution in [-0.2, 0) is 19.3 Å². The van der Waals surface area contributed by atoms with E-state index in [1.807, 2.05) is 44.1 Å². The van der Waals surface area contributed by atoms with E-state index in [1.54, 1.807) is 0 Å². The average Bonchev–Trinajstić information content (AvgIpc) is 2.64. The number of hydrogen-bond donors (Lipinski definition) is 2. The van der Waals surface area contributed by atoms with Gasteiger partial charge in [-0.25, -0.2) is 9.98 Å². The first-order chi connectivity index (χ1) is 12.8. The SMILES string of the molecule is CCNC(=NCc1ccc(C(F)(F)F)cc1)NCc1cccc(N(C)C)n1.I. The molecule has 154 valence electrons. The fourth-order valence-corrected chi connectivity index (χ4v) is 2.30. The van der Waals surface area contributed by atoms with Gasteiger partial charge in [0.2, 0.25) is 0 Å². The zero-order valence-corrected chi connectivity index (χ0v) is 18.4. The number of pyridine rings is 1. The largest absolute Gasteiger partial charge is 0.416 e. The number of alkyl halides is 3. The van der Waals surface area contributed by atoms with Crippen LogP contribution in [0.3, 0.4) is 0 Å². The number of aromatic nitrogens is 1. The van der Waals surface area contributed by atoms with Gasteiger partial charge in [-0.05, 0) is 36.8 Å². The van der Waals surface area contributed by atoms with Crippen LogP contribution >= 0.6 is 24.0 Å². The van der Waals surface area contributed by atoms with Gasteiger partial charge in [-0.15, -0.1) is 24.0 Å². The van der Waals surface area contributed by atoms with Crippen LogP contribution in [0.25, 0.3) is 0 Å². The monoisotopic (exact) mass is 507 g/mol. The van der Waals surface area contributed by atoms with Crippen LogP contribution in [0.15, 0.2) is 47.5 Å². The van der Waals surface area contributed by atoms with Crippen molar-refractivity contribution in [2.24, 2.45) is 4.99 Å². The molecule has 0 radical (unpaired) electrons. The standard InChI is InChI=1S/C19H24F3N5.HI/c1-4-23-18(25-13-16-6-5-7-17(26-16)27(2)3)24-12-14-8-10-15(11-9-14)19(20,21)22;/h5-11H,4,12-13H2,1-3H3,(H2,23,24,25);1H. The van der Waals surface area contributed by atoms with Gasteiger partial charge in [0.1, 0.15) is 5.82 Å². The van der Waals surface area contributed by atoms with Gasteiger partial charge in [0.25, 0.3) is 0 Å². The Hall–Kier alpha value is -2.04. The minimum absolute atomic E-state index is 0. The molecule has 0 bridgehead atoms. The van der Waals surface area contributed by atoms with Gasteiger partial charge in [0, 0.05) is 20.6 Å². The third-order valence-electron chi connectivity index (χ3n) is 3.73. The number of benzene rings is 1. The van der Waals surface area contributed by atoms with E-state index in [4.69, 9.17) is 0 Å². The van der Waals surface area contributed by atoms with E-state index in [2.05, 4.69) is 20.6 Å². The second kappa shape index (κ2) is 11.1. The minimum atomic E-state index is -4.33. The van der Waals surface area contributed by atoms with Crippen LogP contribution in [0, 0.1) is 0 Å². The summed E-state index contributed by atoms with van der Waals surface area (Å²) in [6, 6.07) is 10.8. The highest BCUT2D eigenvalue weighted by Gasteiger charge is 2.29. The van der Waals surface area contributed by atoms with Gasteiger partial charge < -0.3 is 15.5 Å². The van der Waals surface area contributed by atoms with Gasteiger partial charge >= 0.3 is 6.18 Å². The zero-order chi connectivity index (χ0) is 19.9. The molecule has 5 nitrogen and oxygen atoms in total. The lowest BCUT2D eigenvalue weighted by Gasteiger charge is -2.14. The fraction of sp³-hybridized carbons (Fsp3) is 0.368. The quantitative estimate of drug-likeness (QED) is 0.352. The molecule has 1 aromatic heterocycles. The van der Waals surface area contributed by atoms with Crippen LogP contribution in [0.2, 0.25) is 0 Å². The summed E-state index contributed by atoms with van der Waals surface area (Å²) < 4.78 is 37.9. The van der Waals surface area contributed by atoms with Crippen LogP contribution in [-0.4, -0.2) is 31.6 Å². The van der Waals surface area contributed by atoms with E-state index >= 15 is 0 Å². The molecule has 0 saturated heterocycles. The van der Waals surface area contributed by atoms with Crippen molar-refractivity contribution >= 4 is 35.8 Å². The average molecular weight is 507 g/mol. The van der Waals surface area contributed by atoms with Gasteiger partial charge in [0.15, 0.2) is 5.96 Å². The summed E-state index contributed by atoms with van der Waals surface area (Å²) >= 11 is 0. The summed E-state index contributed by atoms with van der Waals surface area (Å²) in [6.07, 6.45) is -4.33. The third kappa shape index (κ3) is 7.53. The molecule has 0 spiro atoms. The lowest BCUT2D eigenvalue weighted by Crippen LogP contribution is -2.37. The van der Waals surface area contributed by atoms with E-state index in [1.165, 1.54) is 12.1 Å². The number of guanidine groups is 1. The Morgan fingerprint density at radius 2 is 1.75 bits per heavy atom. The summed E-state index contributed by atoms with van der Waals surface area (Å²) in [6.45, 7) is 3.38.